The largest absolute Gasteiger partial charge is 0.318 e. The normalized spacial score (nSPS) is 15.8. The van der Waals surface area contributed by atoms with Crippen LogP contribution in [0.2, 0.25) is 0 Å². The molecule has 3 heteroatoms. The Morgan fingerprint density at radius 1 is 1.47 bits per heavy atom. The Kier molecular flexibility index (Phi) is 1.69. The summed E-state index contributed by atoms with van der Waals surface area (Å²) in [6.07, 6.45) is 6.00. The van der Waals surface area contributed by atoms with Gasteiger partial charge in [-0.1, -0.05) is 0 Å². The molecule has 2 aromatic heterocycles. The van der Waals surface area contributed by atoms with E-state index in [1.807, 2.05) is 6.07 Å². The van der Waals surface area contributed by atoms with E-state index in [-0.39, 0.29) is 5.56 Å². The van der Waals surface area contributed by atoms with E-state index in [1.54, 1.807) is 24.0 Å². The van der Waals surface area contributed by atoms with Gasteiger partial charge in [0.25, 0.3) is 5.56 Å². The summed E-state index contributed by atoms with van der Waals surface area (Å²) in [7, 11) is 1.76. The van der Waals surface area contributed by atoms with Crippen LogP contribution in [-0.4, -0.2) is 9.55 Å². The van der Waals surface area contributed by atoms with Gasteiger partial charge in [0.1, 0.15) is 0 Å². The van der Waals surface area contributed by atoms with E-state index in [1.165, 1.54) is 12.8 Å². The zero-order chi connectivity index (χ0) is 10.4. The molecule has 15 heavy (non-hydrogen) atoms. The lowest BCUT2D eigenvalue weighted by Gasteiger charge is -2.02. The summed E-state index contributed by atoms with van der Waals surface area (Å²) in [6.45, 7) is 0. The molecule has 1 saturated carbocycles. The highest BCUT2D eigenvalue weighted by Gasteiger charge is 2.24. The fourth-order valence-corrected chi connectivity index (χ4v) is 1.86. The standard InChI is InChI=1S/C12H12N2O/c1-14-5-4-9-6-11(8-2-3-8)13-7-10(9)12(14)15/h4-8H,2-3H2,1H3. The minimum absolute atomic E-state index is 0.0300. The molecule has 2 aromatic rings. The highest BCUT2D eigenvalue weighted by atomic mass is 16.1. The Hall–Kier alpha value is -1.64. The van der Waals surface area contributed by atoms with Crippen LogP contribution in [0.5, 0.6) is 0 Å². The van der Waals surface area contributed by atoms with Crippen LogP contribution in [0.3, 0.4) is 0 Å². The Morgan fingerprint density at radius 3 is 3.00 bits per heavy atom. The SMILES string of the molecule is Cn1ccc2cc(C3CC3)ncc2c1=O. The lowest BCUT2D eigenvalue weighted by atomic mass is 10.1. The van der Waals surface area contributed by atoms with Crippen molar-refractivity contribution in [2.75, 3.05) is 0 Å². The lowest BCUT2D eigenvalue weighted by molar-refractivity contribution is 0.871. The van der Waals surface area contributed by atoms with E-state index in [2.05, 4.69) is 11.1 Å². The third-order valence-electron chi connectivity index (χ3n) is 2.98. The summed E-state index contributed by atoms with van der Waals surface area (Å²) < 4.78 is 1.58. The molecule has 0 bridgehead atoms. The first kappa shape index (κ1) is 8.65. The van der Waals surface area contributed by atoms with Gasteiger partial charge in [0, 0.05) is 31.1 Å². The zero-order valence-corrected chi connectivity index (χ0v) is 8.60. The molecule has 1 fully saturated rings. The summed E-state index contributed by atoms with van der Waals surface area (Å²) in [5.41, 5.74) is 1.16. The molecule has 76 valence electrons. The predicted molar refractivity (Wildman–Crippen MR) is 59.0 cm³/mol. The van der Waals surface area contributed by atoms with Crippen molar-refractivity contribution in [2.45, 2.75) is 18.8 Å². The van der Waals surface area contributed by atoms with Gasteiger partial charge in [-0.25, -0.2) is 0 Å². The quantitative estimate of drug-likeness (QED) is 0.703. The van der Waals surface area contributed by atoms with E-state index in [0.717, 1.165) is 11.1 Å². The van der Waals surface area contributed by atoms with Gasteiger partial charge in [-0.3, -0.25) is 9.78 Å². The first-order valence-corrected chi connectivity index (χ1v) is 5.21. The Balaban J connectivity index is 2.28. The molecule has 3 nitrogen and oxygen atoms in total. The van der Waals surface area contributed by atoms with Crippen LogP contribution in [0.15, 0.2) is 29.3 Å². The van der Waals surface area contributed by atoms with Crippen molar-refractivity contribution in [2.24, 2.45) is 7.05 Å². The number of aromatic nitrogens is 2. The molecule has 0 N–H and O–H groups in total. The summed E-state index contributed by atoms with van der Waals surface area (Å²) >= 11 is 0. The van der Waals surface area contributed by atoms with E-state index in [9.17, 15) is 4.79 Å². The zero-order valence-electron chi connectivity index (χ0n) is 8.60. The molecule has 0 aliphatic heterocycles. The van der Waals surface area contributed by atoms with Gasteiger partial charge in [0.15, 0.2) is 0 Å². The van der Waals surface area contributed by atoms with Crippen LogP contribution >= 0.6 is 0 Å². The van der Waals surface area contributed by atoms with Crippen molar-refractivity contribution in [1.29, 1.82) is 0 Å². The van der Waals surface area contributed by atoms with Crippen molar-refractivity contribution in [3.63, 3.8) is 0 Å². The Morgan fingerprint density at radius 2 is 2.27 bits per heavy atom. The van der Waals surface area contributed by atoms with Crippen LogP contribution in [0, 0.1) is 0 Å². The number of fused-ring (bicyclic) bond motifs is 1. The van der Waals surface area contributed by atoms with E-state index < -0.39 is 0 Å². The fourth-order valence-electron chi connectivity index (χ4n) is 1.86. The highest BCUT2D eigenvalue weighted by molar-refractivity contribution is 5.80. The number of rotatable bonds is 1. The molecule has 1 aliphatic rings. The third-order valence-corrected chi connectivity index (χ3v) is 2.98. The summed E-state index contributed by atoms with van der Waals surface area (Å²) in [5, 5.41) is 1.72. The highest BCUT2D eigenvalue weighted by Crippen LogP contribution is 2.39. The Labute approximate surface area is 87.4 Å². The van der Waals surface area contributed by atoms with Gasteiger partial charge >= 0.3 is 0 Å². The van der Waals surface area contributed by atoms with Gasteiger partial charge in [-0.15, -0.1) is 0 Å². The van der Waals surface area contributed by atoms with Crippen molar-refractivity contribution in [3.8, 4) is 0 Å². The van der Waals surface area contributed by atoms with Crippen molar-refractivity contribution in [3.05, 3.63) is 40.6 Å². The number of pyridine rings is 2. The maximum atomic E-state index is 11.7. The second-order valence-corrected chi connectivity index (χ2v) is 4.20. The molecule has 0 saturated heterocycles. The van der Waals surface area contributed by atoms with Crippen molar-refractivity contribution in [1.82, 2.24) is 9.55 Å². The first-order chi connectivity index (χ1) is 7.25. The average molecular weight is 200 g/mol. The van der Waals surface area contributed by atoms with Crippen LogP contribution in [0.1, 0.15) is 24.5 Å². The summed E-state index contributed by atoms with van der Waals surface area (Å²) in [4.78, 5) is 16.1. The first-order valence-electron chi connectivity index (χ1n) is 5.21. The number of hydrogen-bond donors (Lipinski definition) is 0. The molecule has 0 atom stereocenters. The molecule has 0 amide bonds. The monoisotopic (exact) mass is 200 g/mol. The predicted octanol–water partition coefficient (Wildman–Crippen LogP) is 1.81. The molecular weight excluding hydrogens is 188 g/mol. The third kappa shape index (κ3) is 1.35. The average Bonchev–Trinajstić information content (AvgIpc) is 3.07. The van der Waals surface area contributed by atoms with Gasteiger partial charge in [-0.2, -0.15) is 0 Å². The molecule has 0 radical (unpaired) electrons. The van der Waals surface area contributed by atoms with Crippen molar-refractivity contribution >= 4 is 10.8 Å². The minimum Gasteiger partial charge on any atom is -0.318 e. The van der Waals surface area contributed by atoms with Gasteiger partial charge in [-0.05, 0) is 30.4 Å². The summed E-state index contributed by atoms with van der Waals surface area (Å²) in [6, 6.07) is 4.03. The molecule has 1 aliphatic carbocycles. The topological polar surface area (TPSA) is 34.9 Å². The van der Waals surface area contributed by atoms with E-state index >= 15 is 0 Å². The van der Waals surface area contributed by atoms with Crippen LogP contribution < -0.4 is 5.56 Å². The molecule has 2 heterocycles. The maximum Gasteiger partial charge on any atom is 0.259 e. The van der Waals surface area contributed by atoms with Crippen LogP contribution in [0.25, 0.3) is 10.8 Å². The minimum atomic E-state index is 0.0300. The second kappa shape index (κ2) is 2.92. The lowest BCUT2D eigenvalue weighted by Crippen LogP contribution is -2.15. The number of nitrogens with zero attached hydrogens (tertiary/aromatic N) is 2. The molecular formula is C12H12N2O. The smallest absolute Gasteiger partial charge is 0.259 e. The maximum absolute atomic E-state index is 11.7. The van der Waals surface area contributed by atoms with E-state index in [0.29, 0.717) is 11.3 Å². The molecule has 3 rings (SSSR count). The van der Waals surface area contributed by atoms with Crippen molar-refractivity contribution < 1.29 is 0 Å². The molecule has 0 spiro atoms. The number of aryl methyl sites for hydroxylation is 1. The van der Waals surface area contributed by atoms with Gasteiger partial charge < -0.3 is 4.57 Å². The van der Waals surface area contributed by atoms with E-state index in [4.69, 9.17) is 0 Å². The van der Waals surface area contributed by atoms with Crippen LogP contribution in [0.4, 0.5) is 0 Å². The van der Waals surface area contributed by atoms with Gasteiger partial charge in [0.2, 0.25) is 0 Å². The number of hydrogen-bond acceptors (Lipinski definition) is 2. The summed E-state index contributed by atoms with van der Waals surface area (Å²) in [5.74, 6) is 0.637. The molecule has 0 aromatic carbocycles. The Bertz CT molecular complexity index is 582. The second-order valence-electron chi connectivity index (χ2n) is 4.20. The van der Waals surface area contributed by atoms with Gasteiger partial charge in [0.05, 0.1) is 5.39 Å². The van der Waals surface area contributed by atoms with Crippen LogP contribution in [-0.2, 0) is 7.05 Å². The molecule has 0 unspecified atom stereocenters. The fraction of sp³-hybridized carbons (Fsp3) is 0.333.